The number of ether oxygens (including phenoxy) is 4. The van der Waals surface area contributed by atoms with Crippen LogP contribution in [0, 0.1) is 0 Å². The van der Waals surface area contributed by atoms with Crippen molar-refractivity contribution in [3.05, 3.63) is 25.0 Å². The molecule has 0 heterocycles. The highest BCUT2D eigenvalue weighted by atomic mass is 16.6. The lowest BCUT2D eigenvalue weighted by Crippen LogP contribution is -2.26. The molecule has 0 aliphatic heterocycles. The van der Waals surface area contributed by atoms with Gasteiger partial charge in [-0.15, -0.1) is 0 Å². The van der Waals surface area contributed by atoms with Gasteiger partial charge in [0.05, 0.1) is 25.4 Å². The molecule has 0 spiro atoms. The summed E-state index contributed by atoms with van der Waals surface area (Å²) in [5, 5.41) is 0. The van der Waals surface area contributed by atoms with Crippen LogP contribution < -0.4 is 0 Å². The largest absolute Gasteiger partial charge is 0.489 e. The number of hydrogen-bond donors (Lipinski definition) is 0. The van der Waals surface area contributed by atoms with Crippen molar-refractivity contribution < 1.29 is 23.7 Å². The molecule has 0 saturated heterocycles. The molecule has 0 aromatic rings. The molecule has 0 amide bonds. The Labute approximate surface area is 115 Å². The number of hydrogen-bond acceptors (Lipinski definition) is 5. The van der Waals surface area contributed by atoms with Gasteiger partial charge in [0.15, 0.2) is 0 Å². The van der Waals surface area contributed by atoms with E-state index in [4.69, 9.17) is 14.2 Å². The second-order valence-electron chi connectivity index (χ2n) is 4.32. The van der Waals surface area contributed by atoms with Crippen molar-refractivity contribution in [1.82, 2.24) is 0 Å². The van der Waals surface area contributed by atoms with Gasteiger partial charge >= 0.3 is 0 Å². The zero-order valence-electron chi connectivity index (χ0n) is 12.0. The molecule has 110 valence electrons. The number of carbonyl (C=O) groups is 1. The van der Waals surface area contributed by atoms with Crippen LogP contribution in [0.3, 0.4) is 0 Å². The molecule has 19 heavy (non-hydrogen) atoms. The maximum absolute atomic E-state index is 10.0. The van der Waals surface area contributed by atoms with Crippen molar-refractivity contribution in [2.75, 3.05) is 19.8 Å². The van der Waals surface area contributed by atoms with Crippen molar-refractivity contribution in [2.45, 2.75) is 39.1 Å². The molecule has 0 radical (unpaired) electrons. The zero-order chi connectivity index (χ0) is 14.7. The first-order chi connectivity index (χ1) is 8.99. The summed E-state index contributed by atoms with van der Waals surface area (Å²) in [5.74, 6) is 0.527. The summed E-state index contributed by atoms with van der Waals surface area (Å²) in [7, 11) is 0. The van der Waals surface area contributed by atoms with Gasteiger partial charge < -0.3 is 18.9 Å². The molecule has 0 rings (SSSR count). The van der Waals surface area contributed by atoms with Crippen molar-refractivity contribution in [2.24, 2.45) is 0 Å². The number of carbonyl (C=O) groups excluding carboxylic acids is 1. The van der Waals surface area contributed by atoms with Crippen LogP contribution in [0.25, 0.3) is 0 Å². The summed E-state index contributed by atoms with van der Waals surface area (Å²) >= 11 is 0. The van der Waals surface area contributed by atoms with Crippen molar-refractivity contribution in [3.63, 3.8) is 0 Å². The molecule has 0 saturated carbocycles. The van der Waals surface area contributed by atoms with Gasteiger partial charge in [-0.05, 0) is 26.8 Å². The van der Waals surface area contributed by atoms with E-state index >= 15 is 0 Å². The van der Waals surface area contributed by atoms with Crippen LogP contribution in [0.5, 0.6) is 0 Å². The van der Waals surface area contributed by atoms with Crippen LogP contribution in [0.2, 0.25) is 0 Å². The van der Waals surface area contributed by atoms with Crippen LogP contribution >= 0.6 is 0 Å². The molecule has 0 N–H and O–H groups in total. The van der Waals surface area contributed by atoms with E-state index in [0.29, 0.717) is 25.4 Å². The minimum Gasteiger partial charge on any atom is -0.489 e. The SMILES string of the molecule is C=CC(=C)OC(C)COC(C)COC(C)COC=O. The predicted molar refractivity (Wildman–Crippen MR) is 72.7 cm³/mol. The van der Waals surface area contributed by atoms with Gasteiger partial charge in [-0.2, -0.15) is 0 Å². The minimum atomic E-state index is -0.148. The Balaban J connectivity index is 3.68. The molecule has 3 unspecified atom stereocenters. The molecule has 0 aliphatic carbocycles. The first-order valence-electron chi connectivity index (χ1n) is 6.26. The Morgan fingerprint density at radius 2 is 1.58 bits per heavy atom. The number of allylic oxidation sites excluding steroid dienone is 1. The summed E-state index contributed by atoms with van der Waals surface area (Å²) in [6, 6.07) is 0. The van der Waals surface area contributed by atoms with E-state index in [9.17, 15) is 4.79 Å². The van der Waals surface area contributed by atoms with Gasteiger partial charge in [0.1, 0.15) is 18.5 Å². The van der Waals surface area contributed by atoms with Gasteiger partial charge in [-0.3, -0.25) is 4.79 Å². The summed E-state index contributed by atoms with van der Waals surface area (Å²) in [6.07, 6.45) is 1.24. The fourth-order valence-corrected chi connectivity index (χ4v) is 1.21. The molecule has 0 aromatic carbocycles. The molecular formula is C14H24O5. The predicted octanol–water partition coefficient (Wildman–Crippen LogP) is 2.07. The average Bonchev–Trinajstić information content (AvgIpc) is 2.40. The van der Waals surface area contributed by atoms with Gasteiger partial charge in [0.25, 0.3) is 6.47 Å². The van der Waals surface area contributed by atoms with E-state index in [-0.39, 0.29) is 24.9 Å². The standard InChI is InChI=1S/C14H24O5/c1-6-11(2)19-14(5)9-18-13(4)8-17-12(3)7-16-10-15/h6,10,12-14H,1-2,7-9H2,3-5H3. The fourth-order valence-electron chi connectivity index (χ4n) is 1.21. The Kier molecular flexibility index (Phi) is 9.84. The lowest BCUT2D eigenvalue weighted by Gasteiger charge is -2.20. The quantitative estimate of drug-likeness (QED) is 0.309. The van der Waals surface area contributed by atoms with E-state index in [0.717, 1.165) is 0 Å². The van der Waals surface area contributed by atoms with Crippen LogP contribution in [0.4, 0.5) is 0 Å². The third-order valence-electron chi connectivity index (χ3n) is 2.21. The van der Waals surface area contributed by atoms with Gasteiger partial charge in [0.2, 0.25) is 0 Å². The second-order valence-corrected chi connectivity index (χ2v) is 4.32. The highest BCUT2D eigenvalue weighted by molar-refractivity contribution is 5.36. The van der Waals surface area contributed by atoms with Crippen molar-refractivity contribution in [3.8, 4) is 0 Å². The number of rotatable bonds is 12. The monoisotopic (exact) mass is 272 g/mol. The van der Waals surface area contributed by atoms with Crippen molar-refractivity contribution in [1.29, 1.82) is 0 Å². The van der Waals surface area contributed by atoms with E-state index in [1.165, 1.54) is 0 Å². The Hall–Kier alpha value is -1.33. The van der Waals surface area contributed by atoms with Crippen LogP contribution in [-0.2, 0) is 23.7 Å². The lowest BCUT2D eigenvalue weighted by atomic mass is 10.4. The molecule has 0 aliphatic rings. The second kappa shape index (κ2) is 10.6. The average molecular weight is 272 g/mol. The highest BCUT2D eigenvalue weighted by Crippen LogP contribution is 2.04. The summed E-state index contributed by atoms with van der Waals surface area (Å²) in [4.78, 5) is 10.0. The van der Waals surface area contributed by atoms with Gasteiger partial charge in [-0.25, -0.2) is 0 Å². The molecule has 5 heteroatoms. The van der Waals surface area contributed by atoms with E-state index in [1.807, 2.05) is 20.8 Å². The first-order valence-corrected chi connectivity index (χ1v) is 6.26. The molecule has 0 bridgehead atoms. The molecular weight excluding hydrogens is 248 g/mol. The molecule has 0 aromatic heterocycles. The maximum Gasteiger partial charge on any atom is 0.293 e. The van der Waals surface area contributed by atoms with Crippen LogP contribution in [0.15, 0.2) is 25.0 Å². The molecule has 5 nitrogen and oxygen atoms in total. The summed E-state index contributed by atoms with van der Waals surface area (Å²) in [6.45, 7) is 14.4. The Morgan fingerprint density at radius 1 is 1.05 bits per heavy atom. The van der Waals surface area contributed by atoms with E-state index in [2.05, 4.69) is 17.9 Å². The van der Waals surface area contributed by atoms with Gasteiger partial charge in [0, 0.05) is 0 Å². The minimum absolute atomic E-state index is 0.0678. The fraction of sp³-hybridized carbons (Fsp3) is 0.643. The molecule has 0 fully saturated rings. The van der Waals surface area contributed by atoms with Crippen LogP contribution in [0.1, 0.15) is 20.8 Å². The van der Waals surface area contributed by atoms with Gasteiger partial charge in [-0.1, -0.05) is 13.2 Å². The zero-order valence-corrected chi connectivity index (χ0v) is 12.0. The normalized spacial score (nSPS) is 15.1. The van der Waals surface area contributed by atoms with E-state index < -0.39 is 0 Å². The smallest absolute Gasteiger partial charge is 0.293 e. The maximum atomic E-state index is 10.0. The summed E-state index contributed by atoms with van der Waals surface area (Å²) < 4.78 is 21.0. The van der Waals surface area contributed by atoms with Crippen LogP contribution in [-0.4, -0.2) is 44.6 Å². The third kappa shape index (κ3) is 10.3. The van der Waals surface area contributed by atoms with E-state index in [1.54, 1.807) is 6.08 Å². The van der Waals surface area contributed by atoms with Crippen molar-refractivity contribution >= 4 is 6.47 Å². The third-order valence-corrected chi connectivity index (χ3v) is 2.21. The topological polar surface area (TPSA) is 54.0 Å². The highest BCUT2D eigenvalue weighted by Gasteiger charge is 2.10. The Morgan fingerprint density at radius 3 is 2.11 bits per heavy atom. The lowest BCUT2D eigenvalue weighted by molar-refractivity contribution is -0.133. The Bertz CT molecular complexity index is 277. The summed E-state index contributed by atoms with van der Waals surface area (Å²) in [5.41, 5.74) is 0. The molecule has 3 atom stereocenters. The first kappa shape index (κ1) is 17.7.